The van der Waals surface area contributed by atoms with Gasteiger partial charge >= 0.3 is 0 Å². The monoisotopic (exact) mass is 139 g/mol. The van der Waals surface area contributed by atoms with Gasteiger partial charge in [-0.1, -0.05) is 17.3 Å². The van der Waals surface area contributed by atoms with Crippen molar-refractivity contribution in [3.05, 3.63) is 24.4 Å². The van der Waals surface area contributed by atoms with Crippen molar-refractivity contribution < 1.29 is 5.21 Å². The molecule has 4 N–H and O–H groups in total. The van der Waals surface area contributed by atoms with Crippen molar-refractivity contribution >= 4 is 5.84 Å². The van der Waals surface area contributed by atoms with Gasteiger partial charge in [0.2, 0.25) is 0 Å². The Morgan fingerprint density at radius 1 is 1.60 bits per heavy atom. The Kier molecular flexibility index (Phi) is 1.94. The molecular formula is C6H9N3O. The summed E-state index contributed by atoms with van der Waals surface area (Å²) in [5, 5.41) is 14.0. The van der Waals surface area contributed by atoms with Crippen LogP contribution in [0.2, 0.25) is 0 Å². The topological polar surface area (TPSA) is 70.6 Å². The van der Waals surface area contributed by atoms with Crippen LogP contribution in [-0.4, -0.2) is 17.1 Å². The number of rotatable bonds is 1. The Morgan fingerprint density at radius 3 is 2.90 bits per heavy atom. The summed E-state index contributed by atoms with van der Waals surface area (Å²) < 4.78 is 0. The Hall–Kier alpha value is -1.45. The van der Waals surface area contributed by atoms with Crippen molar-refractivity contribution in [1.29, 1.82) is 0 Å². The van der Waals surface area contributed by atoms with Gasteiger partial charge in [-0.2, -0.15) is 0 Å². The predicted octanol–water partition coefficient (Wildman–Crippen LogP) is -0.226. The Labute approximate surface area is 58.7 Å². The lowest BCUT2D eigenvalue weighted by Gasteiger charge is -2.12. The summed E-state index contributed by atoms with van der Waals surface area (Å²) in [6.45, 7) is 0. The molecule has 10 heavy (non-hydrogen) atoms. The first kappa shape index (κ1) is 6.67. The molecule has 4 nitrogen and oxygen atoms in total. The fourth-order valence-corrected chi connectivity index (χ4v) is 0.692. The van der Waals surface area contributed by atoms with E-state index in [1.54, 1.807) is 12.3 Å². The maximum Gasteiger partial charge on any atom is 0.165 e. The van der Waals surface area contributed by atoms with E-state index in [-0.39, 0.29) is 11.9 Å². The van der Waals surface area contributed by atoms with Crippen molar-refractivity contribution in [3.8, 4) is 0 Å². The van der Waals surface area contributed by atoms with Crippen molar-refractivity contribution in [2.75, 3.05) is 0 Å². The average molecular weight is 139 g/mol. The second kappa shape index (κ2) is 2.91. The zero-order valence-corrected chi connectivity index (χ0v) is 5.36. The third-order valence-corrected chi connectivity index (χ3v) is 1.22. The highest BCUT2D eigenvalue weighted by Crippen LogP contribution is 1.93. The summed E-state index contributed by atoms with van der Waals surface area (Å²) in [4.78, 5) is 0. The molecule has 0 aliphatic carbocycles. The number of nitrogens with one attached hydrogen (secondary N) is 1. The molecule has 1 rings (SSSR count). The predicted molar refractivity (Wildman–Crippen MR) is 38.6 cm³/mol. The second-order valence-corrected chi connectivity index (χ2v) is 1.91. The van der Waals surface area contributed by atoms with Gasteiger partial charge in [0.15, 0.2) is 5.84 Å². The van der Waals surface area contributed by atoms with E-state index in [9.17, 15) is 0 Å². The van der Waals surface area contributed by atoms with Gasteiger partial charge in [0.05, 0.1) is 0 Å². The molecule has 0 bridgehead atoms. The first-order valence-electron chi connectivity index (χ1n) is 2.91. The van der Waals surface area contributed by atoms with E-state index in [1.165, 1.54) is 0 Å². The van der Waals surface area contributed by atoms with Gasteiger partial charge in [0.25, 0.3) is 0 Å². The number of amidine groups is 1. The number of nitrogens with two attached hydrogens (primary N) is 1. The first-order valence-corrected chi connectivity index (χ1v) is 2.91. The van der Waals surface area contributed by atoms with Gasteiger partial charge < -0.3 is 16.3 Å². The van der Waals surface area contributed by atoms with Gasteiger partial charge in [-0.25, -0.2) is 0 Å². The van der Waals surface area contributed by atoms with Crippen molar-refractivity contribution in [2.45, 2.75) is 6.04 Å². The number of oxime groups is 1. The highest BCUT2D eigenvalue weighted by Gasteiger charge is 2.07. The fraction of sp³-hybridized carbons (Fsp3) is 0.167. The summed E-state index contributed by atoms with van der Waals surface area (Å²) in [6, 6.07) is -0.171. The number of hydrogen-bond donors (Lipinski definition) is 3. The molecule has 0 aromatic rings. The van der Waals surface area contributed by atoms with Crippen LogP contribution in [0.3, 0.4) is 0 Å². The average Bonchev–Trinajstić information content (AvgIpc) is 2.05. The number of nitrogens with zero attached hydrogens (tertiary/aromatic N) is 1. The minimum atomic E-state index is -0.171. The Balaban J connectivity index is 2.59. The highest BCUT2D eigenvalue weighted by atomic mass is 16.4. The molecule has 1 heterocycles. The number of allylic oxidation sites excluding steroid dienone is 2. The summed E-state index contributed by atoms with van der Waals surface area (Å²) >= 11 is 0. The smallest absolute Gasteiger partial charge is 0.165 e. The summed E-state index contributed by atoms with van der Waals surface area (Å²) in [5.41, 5.74) is 5.30. The van der Waals surface area contributed by atoms with Gasteiger partial charge in [0, 0.05) is 0 Å². The minimum absolute atomic E-state index is 0.167. The zero-order chi connectivity index (χ0) is 7.40. The largest absolute Gasteiger partial charge is 0.409 e. The fourth-order valence-electron chi connectivity index (χ4n) is 0.692. The quantitative estimate of drug-likeness (QED) is 0.203. The van der Waals surface area contributed by atoms with Crippen LogP contribution in [0.1, 0.15) is 0 Å². The van der Waals surface area contributed by atoms with Crippen LogP contribution in [0, 0.1) is 0 Å². The van der Waals surface area contributed by atoms with Crippen molar-refractivity contribution in [3.63, 3.8) is 0 Å². The van der Waals surface area contributed by atoms with E-state index in [0.717, 1.165) is 0 Å². The molecule has 1 aliphatic rings. The molecule has 1 atom stereocenters. The van der Waals surface area contributed by atoms with E-state index in [2.05, 4.69) is 10.5 Å². The van der Waals surface area contributed by atoms with Gasteiger partial charge in [-0.3, -0.25) is 0 Å². The number of dihydropyridines is 1. The van der Waals surface area contributed by atoms with Crippen LogP contribution in [0.15, 0.2) is 29.6 Å². The standard InChI is InChI=1S/C6H9N3O/c7-6(9-10)5-3-1-2-4-8-5/h1-5,8,10H,(H2,7,9). The maximum atomic E-state index is 8.25. The molecule has 1 unspecified atom stereocenters. The lowest BCUT2D eigenvalue weighted by Crippen LogP contribution is -2.37. The number of hydrogen-bond acceptors (Lipinski definition) is 3. The SMILES string of the molecule is N/C(=N/O)C1C=CC=CN1. The van der Waals surface area contributed by atoms with E-state index >= 15 is 0 Å². The van der Waals surface area contributed by atoms with Crippen LogP contribution in [0.4, 0.5) is 0 Å². The minimum Gasteiger partial charge on any atom is -0.409 e. The zero-order valence-electron chi connectivity index (χ0n) is 5.36. The summed E-state index contributed by atoms with van der Waals surface area (Å²) in [7, 11) is 0. The molecule has 0 aromatic heterocycles. The van der Waals surface area contributed by atoms with E-state index in [0.29, 0.717) is 0 Å². The molecule has 54 valence electrons. The molecule has 0 saturated carbocycles. The highest BCUT2D eigenvalue weighted by molar-refractivity contribution is 5.87. The van der Waals surface area contributed by atoms with E-state index in [1.807, 2.05) is 12.2 Å². The normalized spacial score (nSPS) is 24.4. The van der Waals surface area contributed by atoms with Crippen molar-refractivity contribution in [2.24, 2.45) is 10.9 Å². The van der Waals surface area contributed by atoms with Gasteiger partial charge in [0.1, 0.15) is 6.04 Å². The molecule has 4 heteroatoms. The van der Waals surface area contributed by atoms with Crippen LogP contribution >= 0.6 is 0 Å². The van der Waals surface area contributed by atoms with Crippen LogP contribution in [-0.2, 0) is 0 Å². The third-order valence-electron chi connectivity index (χ3n) is 1.22. The molecule has 0 amide bonds. The Bertz CT molecular complexity index is 195. The molecule has 0 radical (unpaired) electrons. The summed E-state index contributed by atoms with van der Waals surface area (Å²) in [5.74, 6) is 0.167. The maximum absolute atomic E-state index is 8.25. The molecular weight excluding hydrogens is 130 g/mol. The lowest BCUT2D eigenvalue weighted by molar-refractivity contribution is 0.316. The summed E-state index contributed by atoms with van der Waals surface area (Å²) in [6.07, 6.45) is 7.21. The first-order chi connectivity index (χ1) is 4.84. The Morgan fingerprint density at radius 2 is 2.40 bits per heavy atom. The van der Waals surface area contributed by atoms with E-state index < -0.39 is 0 Å². The third kappa shape index (κ3) is 1.28. The molecule has 0 fully saturated rings. The van der Waals surface area contributed by atoms with Crippen molar-refractivity contribution in [1.82, 2.24) is 5.32 Å². The van der Waals surface area contributed by atoms with Crippen LogP contribution in [0.5, 0.6) is 0 Å². The molecule has 0 saturated heterocycles. The van der Waals surface area contributed by atoms with E-state index in [4.69, 9.17) is 10.9 Å². The van der Waals surface area contributed by atoms with Crippen LogP contribution in [0.25, 0.3) is 0 Å². The van der Waals surface area contributed by atoms with Gasteiger partial charge in [-0.05, 0) is 12.3 Å². The molecule has 0 spiro atoms. The van der Waals surface area contributed by atoms with Crippen LogP contribution < -0.4 is 11.1 Å². The molecule has 1 aliphatic heterocycles. The lowest BCUT2D eigenvalue weighted by atomic mass is 10.2. The molecule has 0 aromatic carbocycles. The second-order valence-electron chi connectivity index (χ2n) is 1.91. The van der Waals surface area contributed by atoms with Gasteiger partial charge in [-0.15, -0.1) is 0 Å².